The molecule has 1 aliphatic heterocycles. The molecule has 0 unspecified atom stereocenters. The standard InChI is InChI=1S/C20H15Cl2NO2S/c21-14-6-7-16(22)15(10-14)17-8-9-18(25-17)20-23(19(24)12-26-20)11-13-4-2-1-3-5-13/h1-10,20H,11-12H2/t20-/m1/s1. The number of hydrogen-bond donors (Lipinski definition) is 0. The van der Waals surface area contributed by atoms with Gasteiger partial charge in [0.1, 0.15) is 16.9 Å². The summed E-state index contributed by atoms with van der Waals surface area (Å²) in [6.45, 7) is 0.561. The second-order valence-corrected chi connectivity index (χ2v) is 7.91. The molecule has 1 aliphatic rings. The Morgan fingerprint density at radius 1 is 1.08 bits per heavy atom. The maximum absolute atomic E-state index is 12.4. The highest BCUT2D eigenvalue weighted by Gasteiger charge is 2.35. The van der Waals surface area contributed by atoms with Crippen LogP contribution in [0.2, 0.25) is 10.0 Å². The van der Waals surface area contributed by atoms with Gasteiger partial charge in [-0.25, -0.2) is 0 Å². The molecule has 0 aliphatic carbocycles. The number of hydrogen-bond acceptors (Lipinski definition) is 3. The normalized spacial score (nSPS) is 17.1. The molecule has 0 saturated carbocycles. The first-order chi connectivity index (χ1) is 12.6. The van der Waals surface area contributed by atoms with E-state index in [1.54, 1.807) is 30.0 Å². The molecule has 1 fully saturated rings. The van der Waals surface area contributed by atoms with Gasteiger partial charge in [0, 0.05) is 17.1 Å². The first kappa shape index (κ1) is 17.5. The summed E-state index contributed by atoms with van der Waals surface area (Å²) in [6, 6.07) is 19.0. The lowest BCUT2D eigenvalue weighted by molar-refractivity contribution is -0.128. The Morgan fingerprint density at radius 2 is 1.88 bits per heavy atom. The van der Waals surface area contributed by atoms with Crippen LogP contribution in [0, 0.1) is 0 Å². The lowest BCUT2D eigenvalue weighted by Gasteiger charge is -2.22. The highest BCUT2D eigenvalue weighted by Crippen LogP contribution is 2.42. The molecule has 1 saturated heterocycles. The molecule has 3 aromatic rings. The molecule has 0 spiro atoms. The van der Waals surface area contributed by atoms with Crippen LogP contribution < -0.4 is 0 Å². The van der Waals surface area contributed by atoms with E-state index in [0.29, 0.717) is 28.1 Å². The van der Waals surface area contributed by atoms with Gasteiger partial charge in [0.15, 0.2) is 0 Å². The average Bonchev–Trinajstić information content (AvgIpc) is 3.26. The van der Waals surface area contributed by atoms with E-state index in [1.165, 1.54) is 0 Å². The van der Waals surface area contributed by atoms with Crippen LogP contribution in [0.5, 0.6) is 0 Å². The summed E-state index contributed by atoms with van der Waals surface area (Å²) >= 11 is 13.9. The smallest absolute Gasteiger partial charge is 0.234 e. The van der Waals surface area contributed by atoms with Gasteiger partial charge in [0.25, 0.3) is 0 Å². The summed E-state index contributed by atoms with van der Waals surface area (Å²) in [5, 5.41) is 1.03. The average molecular weight is 404 g/mol. The number of amides is 1. The van der Waals surface area contributed by atoms with E-state index < -0.39 is 0 Å². The summed E-state index contributed by atoms with van der Waals surface area (Å²) in [6.07, 6.45) is 0. The van der Waals surface area contributed by atoms with Crippen molar-refractivity contribution in [1.82, 2.24) is 4.90 Å². The number of carbonyl (C=O) groups excluding carboxylic acids is 1. The van der Waals surface area contributed by atoms with E-state index in [9.17, 15) is 4.79 Å². The van der Waals surface area contributed by atoms with Crippen molar-refractivity contribution in [2.75, 3.05) is 5.75 Å². The molecule has 1 aromatic heterocycles. The van der Waals surface area contributed by atoms with Crippen molar-refractivity contribution in [1.29, 1.82) is 0 Å². The second kappa shape index (κ2) is 7.39. The van der Waals surface area contributed by atoms with Gasteiger partial charge in [-0.05, 0) is 35.9 Å². The van der Waals surface area contributed by atoms with Crippen molar-refractivity contribution in [3.63, 3.8) is 0 Å². The topological polar surface area (TPSA) is 33.5 Å². The maximum Gasteiger partial charge on any atom is 0.234 e. The summed E-state index contributed by atoms with van der Waals surface area (Å²) in [5.41, 5.74) is 1.84. The molecule has 3 nitrogen and oxygen atoms in total. The molecule has 1 amide bonds. The monoisotopic (exact) mass is 403 g/mol. The van der Waals surface area contributed by atoms with Crippen molar-refractivity contribution >= 4 is 40.9 Å². The molecule has 2 aromatic carbocycles. The summed E-state index contributed by atoms with van der Waals surface area (Å²) in [5.74, 6) is 1.95. The zero-order valence-corrected chi connectivity index (χ0v) is 16.0. The van der Waals surface area contributed by atoms with Gasteiger partial charge in [-0.3, -0.25) is 4.79 Å². The highest BCUT2D eigenvalue weighted by atomic mass is 35.5. The Morgan fingerprint density at radius 3 is 2.69 bits per heavy atom. The van der Waals surface area contributed by atoms with Gasteiger partial charge in [0.05, 0.1) is 10.8 Å². The molecule has 4 rings (SSSR count). The van der Waals surface area contributed by atoms with Crippen molar-refractivity contribution in [3.8, 4) is 11.3 Å². The van der Waals surface area contributed by atoms with Crippen LogP contribution in [0.3, 0.4) is 0 Å². The van der Waals surface area contributed by atoms with Crippen LogP contribution in [-0.4, -0.2) is 16.6 Å². The first-order valence-corrected chi connectivity index (χ1v) is 9.92. The zero-order valence-electron chi connectivity index (χ0n) is 13.7. The Kier molecular flexibility index (Phi) is 4.98. The summed E-state index contributed by atoms with van der Waals surface area (Å²) in [4.78, 5) is 14.2. The fraction of sp³-hybridized carbons (Fsp3) is 0.150. The number of halogens is 2. The van der Waals surface area contributed by atoms with Crippen LogP contribution in [0.25, 0.3) is 11.3 Å². The van der Waals surface area contributed by atoms with Gasteiger partial charge in [-0.15, -0.1) is 11.8 Å². The Labute approximate surface area is 165 Å². The highest BCUT2D eigenvalue weighted by molar-refractivity contribution is 8.00. The van der Waals surface area contributed by atoms with Crippen LogP contribution in [0.4, 0.5) is 0 Å². The minimum absolute atomic E-state index is 0.114. The number of furan rings is 1. The quantitative estimate of drug-likeness (QED) is 0.533. The summed E-state index contributed by atoms with van der Waals surface area (Å²) in [7, 11) is 0. The number of thioether (sulfide) groups is 1. The molecular weight excluding hydrogens is 389 g/mol. The lowest BCUT2D eigenvalue weighted by Crippen LogP contribution is -2.27. The fourth-order valence-corrected chi connectivity index (χ4v) is 4.47. The predicted octanol–water partition coefficient (Wildman–Crippen LogP) is 6.03. The third-order valence-corrected chi connectivity index (χ3v) is 6.01. The third kappa shape index (κ3) is 3.50. The Hall–Kier alpha value is -1.88. The van der Waals surface area contributed by atoms with E-state index in [4.69, 9.17) is 27.6 Å². The van der Waals surface area contributed by atoms with Crippen molar-refractivity contribution < 1.29 is 9.21 Å². The van der Waals surface area contributed by atoms with Gasteiger partial charge < -0.3 is 9.32 Å². The first-order valence-electron chi connectivity index (χ1n) is 8.12. The molecular formula is C20H15Cl2NO2S. The molecule has 2 heterocycles. The molecule has 26 heavy (non-hydrogen) atoms. The van der Waals surface area contributed by atoms with Crippen LogP contribution in [0.1, 0.15) is 16.7 Å². The van der Waals surface area contributed by atoms with Gasteiger partial charge in [0.2, 0.25) is 5.91 Å². The van der Waals surface area contributed by atoms with Crippen molar-refractivity contribution in [2.24, 2.45) is 0 Å². The molecule has 6 heteroatoms. The Balaban J connectivity index is 1.61. The number of benzene rings is 2. The van der Waals surface area contributed by atoms with Crippen LogP contribution in [0.15, 0.2) is 65.1 Å². The van der Waals surface area contributed by atoms with Crippen LogP contribution in [-0.2, 0) is 11.3 Å². The zero-order chi connectivity index (χ0) is 18.1. The minimum atomic E-state index is -0.144. The van der Waals surface area contributed by atoms with Crippen molar-refractivity contribution in [2.45, 2.75) is 11.9 Å². The molecule has 132 valence electrons. The number of nitrogens with zero attached hydrogens (tertiary/aromatic N) is 1. The van der Waals surface area contributed by atoms with Crippen molar-refractivity contribution in [3.05, 3.63) is 82.0 Å². The summed E-state index contributed by atoms with van der Waals surface area (Å²) < 4.78 is 6.05. The molecule has 0 bridgehead atoms. The largest absolute Gasteiger partial charge is 0.458 e. The Bertz CT molecular complexity index is 942. The third-order valence-electron chi connectivity index (χ3n) is 4.23. The number of rotatable bonds is 4. The van der Waals surface area contributed by atoms with E-state index >= 15 is 0 Å². The van der Waals surface area contributed by atoms with E-state index in [-0.39, 0.29) is 11.3 Å². The van der Waals surface area contributed by atoms with E-state index in [0.717, 1.165) is 16.9 Å². The van der Waals surface area contributed by atoms with Crippen LogP contribution >= 0.6 is 35.0 Å². The van der Waals surface area contributed by atoms with E-state index in [2.05, 4.69) is 0 Å². The van der Waals surface area contributed by atoms with E-state index in [1.807, 2.05) is 47.4 Å². The molecule has 0 N–H and O–H groups in total. The minimum Gasteiger partial charge on any atom is -0.458 e. The molecule has 1 atom stereocenters. The lowest BCUT2D eigenvalue weighted by atomic mass is 10.2. The van der Waals surface area contributed by atoms with Gasteiger partial charge in [-0.1, -0.05) is 53.5 Å². The predicted molar refractivity (Wildman–Crippen MR) is 106 cm³/mol. The fourth-order valence-electron chi connectivity index (χ4n) is 2.96. The number of carbonyl (C=O) groups is 1. The van der Waals surface area contributed by atoms with Gasteiger partial charge >= 0.3 is 0 Å². The molecule has 0 radical (unpaired) electrons. The van der Waals surface area contributed by atoms with Gasteiger partial charge in [-0.2, -0.15) is 0 Å². The SMILES string of the molecule is O=C1CS[C@H](c2ccc(-c3cc(Cl)ccc3Cl)o2)N1Cc1ccccc1. The maximum atomic E-state index is 12.4. The second-order valence-electron chi connectivity index (χ2n) is 6.00.